The molecule has 0 bridgehead atoms. The second-order valence-electron chi connectivity index (χ2n) is 4.86. The van der Waals surface area contributed by atoms with Gasteiger partial charge in [-0.05, 0) is 53.0 Å². The summed E-state index contributed by atoms with van der Waals surface area (Å²) in [6, 6.07) is 3.65. The van der Waals surface area contributed by atoms with Gasteiger partial charge in [0.25, 0.3) is 0 Å². The zero-order valence-corrected chi connectivity index (χ0v) is 12.9. The molecule has 0 fully saturated rings. The molecule has 1 heterocycles. The van der Waals surface area contributed by atoms with Crippen molar-refractivity contribution in [3.05, 3.63) is 23.9 Å². The van der Waals surface area contributed by atoms with Gasteiger partial charge in [0.15, 0.2) is 0 Å². The Morgan fingerprint density at radius 3 is 2.50 bits per heavy atom. The van der Waals surface area contributed by atoms with Gasteiger partial charge in [-0.2, -0.15) is 0 Å². The van der Waals surface area contributed by atoms with Crippen molar-refractivity contribution < 1.29 is 9.53 Å². The molecule has 0 spiro atoms. The quantitative estimate of drug-likeness (QED) is 0.681. The molecule has 1 aromatic rings. The van der Waals surface area contributed by atoms with Gasteiger partial charge in [0.2, 0.25) is 0 Å². The number of hydrogen-bond acceptors (Lipinski definition) is 5. The molecule has 0 amide bonds. The maximum absolute atomic E-state index is 11.6. The third-order valence-electron chi connectivity index (χ3n) is 3.00. The zero-order chi connectivity index (χ0) is 15.0. The molecule has 0 aliphatic rings. The first-order valence-electron chi connectivity index (χ1n) is 7.11. The van der Waals surface area contributed by atoms with Gasteiger partial charge < -0.3 is 14.5 Å². The first-order chi connectivity index (χ1) is 9.58. The van der Waals surface area contributed by atoms with E-state index in [1.165, 1.54) is 0 Å². The van der Waals surface area contributed by atoms with Gasteiger partial charge >= 0.3 is 5.97 Å². The number of rotatable bonds is 8. The van der Waals surface area contributed by atoms with Gasteiger partial charge in [-0.15, -0.1) is 0 Å². The molecule has 1 aromatic heterocycles. The largest absolute Gasteiger partial charge is 0.462 e. The fourth-order valence-electron chi connectivity index (χ4n) is 1.92. The van der Waals surface area contributed by atoms with Gasteiger partial charge in [0.1, 0.15) is 5.82 Å². The Hall–Kier alpha value is -1.62. The molecule has 112 valence electrons. The van der Waals surface area contributed by atoms with Crippen molar-refractivity contribution in [1.29, 1.82) is 0 Å². The third kappa shape index (κ3) is 5.17. The number of ether oxygens (including phenoxy) is 1. The topological polar surface area (TPSA) is 45.7 Å². The maximum Gasteiger partial charge on any atom is 0.339 e. The SMILES string of the molecule is CCOC(=O)c1ccc(N(CC)CCCN(C)C)nc1. The molecule has 0 aromatic carbocycles. The van der Waals surface area contributed by atoms with Gasteiger partial charge in [0, 0.05) is 19.3 Å². The second-order valence-corrected chi connectivity index (χ2v) is 4.86. The van der Waals surface area contributed by atoms with E-state index >= 15 is 0 Å². The van der Waals surface area contributed by atoms with Crippen molar-refractivity contribution in [3.8, 4) is 0 Å². The molecule has 0 atom stereocenters. The highest BCUT2D eigenvalue weighted by molar-refractivity contribution is 5.89. The highest BCUT2D eigenvalue weighted by Crippen LogP contribution is 2.12. The van der Waals surface area contributed by atoms with Crippen molar-refractivity contribution in [2.24, 2.45) is 0 Å². The Morgan fingerprint density at radius 2 is 2.00 bits per heavy atom. The van der Waals surface area contributed by atoms with Crippen molar-refractivity contribution >= 4 is 11.8 Å². The number of esters is 1. The van der Waals surface area contributed by atoms with Crippen LogP contribution in [-0.4, -0.2) is 56.2 Å². The summed E-state index contributed by atoms with van der Waals surface area (Å²) < 4.78 is 4.95. The lowest BCUT2D eigenvalue weighted by molar-refractivity contribution is 0.0526. The number of carbonyl (C=O) groups is 1. The van der Waals surface area contributed by atoms with E-state index in [1.807, 2.05) is 6.07 Å². The molecule has 0 saturated carbocycles. The van der Waals surface area contributed by atoms with Crippen molar-refractivity contribution in [2.45, 2.75) is 20.3 Å². The van der Waals surface area contributed by atoms with E-state index in [1.54, 1.807) is 19.2 Å². The lowest BCUT2D eigenvalue weighted by Gasteiger charge is -2.22. The molecule has 0 saturated heterocycles. The lowest BCUT2D eigenvalue weighted by Crippen LogP contribution is -2.27. The van der Waals surface area contributed by atoms with Crippen LogP contribution in [0.25, 0.3) is 0 Å². The van der Waals surface area contributed by atoms with Crippen LogP contribution in [0.3, 0.4) is 0 Å². The van der Waals surface area contributed by atoms with Crippen LogP contribution in [0, 0.1) is 0 Å². The lowest BCUT2D eigenvalue weighted by atomic mass is 10.2. The zero-order valence-electron chi connectivity index (χ0n) is 12.9. The minimum Gasteiger partial charge on any atom is -0.462 e. The first kappa shape index (κ1) is 16.4. The van der Waals surface area contributed by atoms with Crippen LogP contribution < -0.4 is 4.90 Å². The predicted molar refractivity (Wildman–Crippen MR) is 81.3 cm³/mol. The van der Waals surface area contributed by atoms with E-state index in [0.717, 1.165) is 31.9 Å². The van der Waals surface area contributed by atoms with Crippen LogP contribution >= 0.6 is 0 Å². The van der Waals surface area contributed by atoms with E-state index < -0.39 is 0 Å². The summed E-state index contributed by atoms with van der Waals surface area (Å²) in [4.78, 5) is 20.3. The molecule has 0 N–H and O–H groups in total. The van der Waals surface area contributed by atoms with E-state index in [4.69, 9.17) is 4.74 Å². The summed E-state index contributed by atoms with van der Waals surface area (Å²) in [5.41, 5.74) is 0.500. The van der Waals surface area contributed by atoms with Crippen LogP contribution in [0.15, 0.2) is 18.3 Å². The summed E-state index contributed by atoms with van der Waals surface area (Å²) in [5, 5.41) is 0. The molecular weight excluding hydrogens is 254 g/mol. The molecule has 0 aliphatic carbocycles. The average Bonchev–Trinajstić information content (AvgIpc) is 2.44. The molecule has 0 unspecified atom stereocenters. The smallest absolute Gasteiger partial charge is 0.339 e. The average molecular weight is 279 g/mol. The van der Waals surface area contributed by atoms with Crippen molar-refractivity contribution in [2.75, 3.05) is 45.2 Å². The van der Waals surface area contributed by atoms with Crippen LogP contribution in [0.1, 0.15) is 30.6 Å². The van der Waals surface area contributed by atoms with Crippen LogP contribution in [0.2, 0.25) is 0 Å². The summed E-state index contributed by atoms with van der Waals surface area (Å²) in [6.45, 7) is 7.20. The molecular formula is C15H25N3O2. The van der Waals surface area contributed by atoms with E-state index in [0.29, 0.717) is 12.2 Å². The number of nitrogens with zero attached hydrogens (tertiary/aromatic N) is 3. The first-order valence-corrected chi connectivity index (χ1v) is 7.11. The number of hydrogen-bond donors (Lipinski definition) is 0. The Morgan fingerprint density at radius 1 is 1.25 bits per heavy atom. The van der Waals surface area contributed by atoms with Gasteiger partial charge in [-0.25, -0.2) is 9.78 Å². The Labute approximate surface area is 121 Å². The highest BCUT2D eigenvalue weighted by Gasteiger charge is 2.09. The Balaban J connectivity index is 2.62. The fourth-order valence-corrected chi connectivity index (χ4v) is 1.92. The van der Waals surface area contributed by atoms with Gasteiger partial charge in [-0.3, -0.25) is 0 Å². The molecule has 20 heavy (non-hydrogen) atoms. The van der Waals surface area contributed by atoms with Crippen LogP contribution in [-0.2, 0) is 4.74 Å². The van der Waals surface area contributed by atoms with Crippen molar-refractivity contribution in [1.82, 2.24) is 9.88 Å². The van der Waals surface area contributed by atoms with Gasteiger partial charge in [-0.1, -0.05) is 0 Å². The van der Waals surface area contributed by atoms with Gasteiger partial charge in [0.05, 0.1) is 12.2 Å². The Bertz CT molecular complexity index is 404. The van der Waals surface area contributed by atoms with Crippen molar-refractivity contribution in [3.63, 3.8) is 0 Å². The normalized spacial score (nSPS) is 10.7. The van der Waals surface area contributed by atoms with Crippen LogP contribution in [0.4, 0.5) is 5.82 Å². The summed E-state index contributed by atoms with van der Waals surface area (Å²) in [6.07, 6.45) is 2.67. The molecule has 0 radical (unpaired) electrons. The minimum atomic E-state index is -0.317. The summed E-state index contributed by atoms with van der Waals surface area (Å²) >= 11 is 0. The number of carbonyl (C=O) groups excluding carboxylic acids is 1. The predicted octanol–water partition coefficient (Wildman–Crippen LogP) is 2.04. The molecule has 1 rings (SSSR count). The highest BCUT2D eigenvalue weighted by atomic mass is 16.5. The monoisotopic (exact) mass is 279 g/mol. The van der Waals surface area contributed by atoms with E-state index in [2.05, 4.69) is 35.8 Å². The second kappa shape index (κ2) is 8.53. The number of pyridine rings is 1. The molecule has 5 heteroatoms. The van der Waals surface area contributed by atoms with Crippen LogP contribution in [0.5, 0.6) is 0 Å². The third-order valence-corrected chi connectivity index (χ3v) is 3.00. The van der Waals surface area contributed by atoms with E-state index in [-0.39, 0.29) is 5.97 Å². The van der Waals surface area contributed by atoms with E-state index in [9.17, 15) is 4.79 Å². The summed E-state index contributed by atoms with van der Waals surface area (Å²) in [7, 11) is 4.14. The standard InChI is InChI=1S/C15H25N3O2/c1-5-18(11-7-10-17(3)4)14-9-8-13(12-16-14)15(19)20-6-2/h8-9,12H,5-7,10-11H2,1-4H3. The molecule has 5 nitrogen and oxygen atoms in total. The fraction of sp³-hybridized carbons (Fsp3) is 0.600. The number of aromatic nitrogens is 1. The number of anilines is 1. The summed E-state index contributed by atoms with van der Waals surface area (Å²) in [5.74, 6) is 0.585. The Kier molecular flexibility index (Phi) is 7.01. The molecule has 0 aliphatic heterocycles. The maximum atomic E-state index is 11.6. The minimum absolute atomic E-state index is 0.317.